The SMILES string of the molecule is CC(=O)c1ccc(N2CCN(CC(=O)N[C@@H](C)C34CC5CC(CC(C5)C3)C4)CC2)cc1. The van der Waals surface area contributed by atoms with E-state index in [0.29, 0.717) is 18.0 Å². The fourth-order valence-electron chi connectivity index (χ4n) is 7.42. The molecule has 0 aromatic heterocycles. The molecule has 4 saturated carbocycles. The molecular weight excluding hydrogens is 386 g/mol. The van der Waals surface area contributed by atoms with Gasteiger partial charge in [0.1, 0.15) is 0 Å². The summed E-state index contributed by atoms with van der Waals surface area (Å²) in [4.78, 5) is 29.0. The molecule has 1 amide bonds. The van der Waals surface area contributed by atoms with E-state index < -0.39 is 0 Å². The monoisotopic (exact) mass is 423 g/mol. The molecule has 1 heterocycles. The van der Waals surface area contributed by atoms with Gasteiger partial charge in [-0.15, -0.1) is 0 Å². The summed E-state index contributed by atoms with van der Waals surface area (Å²) in [7, 11) is 0. The maximum absolute atomic E-state index is 12.9. The van der Waals surface area contributed by atoms with Crippen LogP contribution in [0.4, 0.5) is 5.69 Å². The largest absolute Gasteiger partial charge is 0.369 e. The smallest absolute Gasteiger partial charge is 0.234 e. The molecule has 1 aliphatic heterocycles. The normalized spacial score (nSPS) is 33.4. The number of benzene rings is 1. The van der Waals surface area contributed by atoms with Gasteiger partial charge >= 0.3 is 0 Å². The number of hydrogen-bond acceptors (Lipinski definition) is 4. The lowest BCUT2D eigenvalue weighted by Crippen LogP contribution is -2.57. The first-order valence-corrected chi connectivity index (χ1v) is 12.3. The third-order valence-corrected chi connectivity index (χ3v) is 8.76. The number of Topliss-reactive ketones (excluding diaryl/α,β-unsaturated/α-hetero) is 1. The Labute approximate surface area is 186 Å². The van der Waals surface area contributed by atoms with Crippen molar-refractivity contribution >= 4 is 17.4 Å². The Balaban J connectivity index is 1.11. The minimum absolute atomic E-state index is 0.102. The van der Waals surface area contributed by atoms with Crippen molar-refractivity contribution in [2.24, 2.45) is 23.2 Å². The topological polar surface area (TPSA) is 52.7 Å². The van der Waals surface area contributed by atoms with Crippen LogP contribution in [0.15, 0.2) is 24.3 Å². The number of nitrogens with zero attached hydrogens (tertiary/aromatic N) is 2. The van der Waals surface area contributed by atoms with Crippen molar-refractivity contribution in [3.63, 3.8) is 0 Å². The Hall–Kier alpha value is -1.88. The van der Waals surface area contributed by atoms with E-state index in [1.807, 2.05) is 24.3 Å². The molecule has 1 saturated heterocycles. The first-order valence-electron chi connectivity index (χ1n) is 12.3. The molecule has 5 heteroatoms. The second-order valence-electron chi connectivity index (χ2n) is 10.9. The maximum atomic E-state index is 12.9. The van der Waals surface area contributed by atoms with Crippen LogP contribution in [-0.4, -0.2) is 55.4 Å². The summed E-state index contributed by atoms with van der Waals surface area (Å²) in [5.41, 5.74) is 2.28. The Bertz CT molecular complexity index is 790. The maximum Gasteiger partial charge on any atom is 0.234 e. The molecule has 4 aliphatic carbocycles. The quantitative estimate of drug-likeness (QED) is 0.709. The Morgan fingerprint density at radius 2 is 1.52 bits per heavy atom. The molecule has 0 spiro atoms. The molecule has 0 unspecified atom stereocenters. The van der Waals surface area contributed by atoms with Crippen LogP contribution in [0, 0.1) is 23.2 Å². The van der Waals surface area contributed by atoms with Crippen molar-refractivity contribution in [3.05, 3.63) is 29.8 Å². The van der Waals surface area contributed by atoms with Crippen molar-refractivity contribution in [1.29, 1.82) is 0 Å². The first kappa shape index (κ1) is 21.0. The molecule has 31 heavy (non-hydrogen) atoms. The fourth-order valence-corrected chi connectivity index (χ4v) is 7.42. The molecule has 4 bridgehead atoms. The van der Waals surface area contributed by atoms with E-state index in [4.69, 9.17) is 0 Å². The standard InChI is InChI=1S/C26H37N3O2/c1-18(30)23-3-5-24(6-4-23)29-9-7-28(8-10-29)17-25(31)27-19(2)26-14-20-11-21(15-26)13-22(12-20)16-26/h3-6,19-22H,7-17H2,1-2H3,(H,27,31)/t19-,20?,21?,22?,26?/m0/s1. The first-order chi connectivity index (χ1) is 14.9. The lowest BCUT2D eigenvalue weighted by molar-refractivity contribution is -0.127. The number of hydrogen-bond donors (Lipinski definition) is 1. The minimum Gasteiger partial charge on any atom is -0.369 e. The predicted molar refractivity (Wildman–Crippen MR) is 123 cm³/mol. The summed E-state index contributed by atoms with van der Waals surface area (Å²) in [6, 6.07) is 8.18. The Morgan fingerprint density at radius 3 is 2.03 bits per heavy atom. The number of nitrogens with one attached hydrogen (secondary N) is 1. The highest BCUT2D eigenvalue weighted by atomic mass is 16.2. The van der Waals surface area contributed by atoms with Crippen molar-refractivity contribution in [2.45, 2.75) is 58.4 Å². The summed E-state index contributed by atoms with van der Waals surface area (Å²) < 4.78 is 0. The molecule has 5 fully saturated rings. The van der Waals surface area contributed by atoms with E-state index in [9.17, 15) is 9.59 Å². The highest BCUT2D eigenvalue weighted by molar-refractivity contribution is 5.94. The van der Waals surface area contributed by atoms with E-state index in [-0.39, 0.29) is 11.7 Å². The molecule has 0 radical (unpaired) electrons. The summed E-state index contributed by atoms with van der Waals surface area (Å²) in [6.07, 6.45) is 8.34. The van der Waals surface area contributed by atoms with Gasteiger partial charge in [-0.2, -0.15) is 0 Å². The van der Waals surface area contributed by atoms with E-state index in [1.165, 1.54) is 38.5 Å². The van der Waals surface area contributed by atoms with Gasteiger partial charge in [0, 0.05) is 43.5 Å². The number of carbonyl (C=O) groups is 2. The van der Waals surface area contributed by atoms with Crippen molar-refractivity contribution in [3.8, 4) is 0 Å². The molecule has 1 aromatic rings. The molecule has 6 rings (SSSR count). The van der Waals surface area contributed by atoms with Gasteiger partial charge in [-0.1, -0.05) is 0 Å². The average molecular weight is 424 g/mol. The van der Waals surface area contributed by atoms with Crippen molar-refractivity contribution in [1.82, 2.24) is 10.2 Å². The molecule has 5 nitrogen and oxygen atoms in total. The van der Waals surface area contributed by atoms with Gasteiger partial charge in [0.15, 0.2) is 5.78 Å². The number of amides is 1. The van der Waals surface area contributed by atoms with E-state index in [0.717, 1.165) is 55.2 Å². The van der Waals surface area contributed by atoms with Gasteiger partial charge in [0.25, 0.3) is 0 Å². The fraction of sp³-hybridized carbons (Fsp3) is 0.692. The van der Waals surface area contributed by atoms with Crippen LogP contribution in [0.5, 0.6) is 0 Å². The number of rotatable bonds is 6. The number of piperazine rings is 1. The van der Waals surface area contributed by atoms with Gasteiger partial charge in [0.2, 0.25) is 5.91 Å². The Morgan fingerprint density at radius 1 is 0.968 bits per heavy atom. The number of ketones is 1. The van der Waals surface area contributed by atoms with Crippen LogP contribution in [0.25, 0.3) is 0 Å². The van der Waals surface area contributed by atoms with Crippen LogP contribution in [0.2, 0.25) is 0 Å². The molecule has 1 atom stereocenters. The van der Waals surface area contributed by atoms with E-state index >= 15 is 0 Å². The van der Waals surface area contributed by atoms with Crippen LogP contribution in [0.1, 0.15) is 62.7 Å². The zero-order chi connectivity index (χ0) is 21.6. The summed E-state index contributed by atoms with van der Waals surface area (Å²) in [5.74, 6) is 3.06. The van der Waals surface area contributed by atoms with Crippen LogP contribution in [-0.2, 0) is 4.79 Å². The molecule has 1 N–H and O–H groups in total. The highest BCUT2D eigenvalue weighted by Gasteiger charge is 2.53. The third-order valence-electron chi connectivity index (χ3n) is 8.76. The summed E-state index contributed by atoms with van der Waals surface area (Å²) in [5, 5.41) is 3.42. The van der Waals surface area contributed by atoms with Gasteiger partial charge in [0.05, 0.1) is 6.54 Å². The van der Waals surface area contributed by atoms with Crippen LogP contribution >= 0.6 is 0 Å². The van der Waals surface area contributed by atoms with Crippen molar-refractivity contribution < 1.29 is 9.59 Å². The van der Waals surface area contributed by atoms with Crippen LogP contribution in [0.3, 0.4) is 0 Å². The van der Waals surface area contributed by atoms with Gasteiger partial charge in [-0.3, -0.25) is 14.5 Å². The molecular formula is C26H37N3O2. The highest BCUT2D eigenvalue weighted by Crippen LogP contribution is 2.61. The summed E-state index contributed by atoms with van der Waals surface area (Å²) >= 11 is 0. The molecule has 1 aromatic carbocycles. The summed E-state index contributed by atoms with van der Waals surface area (Å²) in [6.45, 7) is 8.00. The number of anilines is 1. The van der Waals surface area contributed by atoms with Gasteiger partial charge in [-0.25, -0.2) is 0 Å². The van der Waals surface area contributed by atoms with Gasteiger partial charge < -0.3 is 10.2 Å². The second-order valence-corrected chi connectivity index (χ2v) is 10.9. The predicted octanol–water partition coefficient (Wildman–Crippen LogP) is 3.73. The molecule has 168 valence electrons. The lowest BCUT2D eigenvalue weighted by atomic mass is 9.48. The zero-order valence-electron chi connectivity index (χ0n) is 19.1. The van der Waals surface area contributed by atoms with Gasteiger partial charge in [-0.05, 0) is 99.8 Å². The van der Waals surface area contributed by atoms with Crippen LogP contribution < -0.4 is 10.2 Å². The van der Waals surface area contributed by atoms with E-state index in [2.05, 4.69) is 22.0 Å². The Kier molecular flexibility index (Phi) is 5.58. The number of carbonyl (C=O) groups excluding carboxylic acids is 2. The molecule has 5 aliphatic rings. The minimum atomic E-state index is 0.102. The van der Waals surface area contributed by atoms with Crippen molar-refractivity contribution in [2.75, 3.05) is 37.6 Å². The van der Waals surface area contributed by atoms with E-state index in [1.54, 1.807) is 6.92 Å². The zero-order valence-corrected chi connectivity index (χ0v) is 19.1. The lowest BCUT2D eigenvalue weighted by Gasteiger charge is -2.59. The second kappa shape index (κ2) is 8.23. The average Bonchev–Trinajstić information content (AvgIpc) is 2.73. The third kappa shape index (κ3) is 4.26.